The Morgan fingerprint density at radius 3 is 2.70 bits per heavy atom. The van der Waals surface area contributed by atoms with E-state index in [0.717, 1.165) is 64.0 Å². The summed E-state index contributed by atoms with van der Waals surface area (Å²) in [5.74, 6) is 2.64. The lowest BCUT2D eigenvalue weighted by Gasteiger charge is -2.38. The van der Waals surface area contributed by atoms with E-state index in [0.29, 0.717) is 17.2 Å². The molecule has 6 heteroatoms. The van der Waals surface area contributed by atoms with E-state index in [9.17, 15) is 4.79 Å². The van der Waals surface area contributed by atoms with Crippen LogP contribution in [0, 0.1) is 22.7 Å². The van der Waals surface area contributed by atoms with E-state index in [1.54, 1.807) is 12.4 Å². The van der Waals surface area contributed by atoms with Gasteiger partial charge in [-0.25, -0.2) is 9.97 Å². The highest BCUT2D eigenvalue weighted by molar-refractivity contribution is 5.84. The normalized spacial score (nSPS) is 37.7. The standard InChI is InChI=1S/C21H31N5O/c1-20-12-16-11-17(14-20)21(13-16,15-20)18(27)22-5-6-25-7-9-26(10-8-25)19-23-3-2-4-24-19/h2-4,16-17H,5-15H2,1H3,(H,22,27). The summed E-state index contributed by atoms with van der Waals surface area (Å²) in [4.78, 5) is 26.4. The summed E-state index contributed by atoms with van der Waals surface area (Å²) in [5.41, 5.74) is 0.417. The number of amides is 1. The van der Waals surface area contributed by atoms with E-state index in [1.807, 2.05) is 6.07 Å². The van der Waals surface area contributed by atoms with Gasteiger partial charge in [-0.15, -0.1) is 0 Å². The maximum Gasteiger partial charge on any atom is 0.226 e. The van der Waals surface area contributed by atoms with Crippen molar-refractivity contribution in [2.45, 2.75) is 39.0 Å². The second-order valence-corrected chi connectivity index (χ2v) is 9.69. The molecule has 1 amide bonds. The Labute approximate surface area is 161 Å². The first kappa shape index (κ1) is 17.4. The highest BCUT2D eigenvalue weighted by Gasteiger charge is 2.65. The van der Waals surface area contributed by atoms with Gasteiger partial charge in [0.25, 0.3) is 0 Å². The molecule has 4 atom stereocenters. The minimum Gasteiger partial charge on any atom is -0.354 e. The van der Waals surface area contributed by atoms with Gasteiger partial charge in [0, 0.05) is 51.7 Å². The van der Waals surface area contributed by atoms with Crippen LogP contribution in [0.3, 0.4) is 0 Å². The van der Waals surface area contributed by atoms with Gasteiger partial charge < -0.3 is 10.2 Å². The van der Waals surface area contributed by atoms with Crippen LogP contribution in [-0.4, -0.2) is 60.0 Å². The van der Waals surface area contributed by atoms with Gasteiger partial charge >= 0.3 is 0 Å². The number of hydrogen-bond acceptors (Lipinski definition) is 5. The number of piperazine rings is 1. The van der Waals surface area contributed by atoms with Crippen LogP contribution in [-0.2, 0) is 4.79 Å². The minimum absolute atomic E-state index is 0.0268. The van der Waals surface area contributed by atoms with Gasteiger partial charge in [0.15, 0.2) is 0 Å². The summed E-state index contributed by atoms with van der Waals surface area (Å²) in [6, 6.07) is 1.85. The number of anilines is 1. The second-order valence-electron chi connectivity index (χ2n) is 9.69. The van der Waals surface area contributed by atoms with Gasteiger partial charge in [0.1, 0.15) is 0 Å². The Kier molecular flexibility index (Phi) is 4.15. The Morgan fingerprint density at radius 2 is 1.96 bits per heavy atom. The molecule has 146 valence electrons. The zero-order chi connectivity index (χ0) is 18.5. The van der Waals surface area contributed by atoms with Gasteiger partial charge in [-0.1, -0.05) is 6.92 Å². The molecule has 6 nitrogen and oxygen atoms in total. The molecule has 0 spiro atoms. The topological polar surface area (TPSA) is 61.4 Å². The maximum atomic E-state index is 13.1. The van der Waals surface area contributed by atoms with E-state index >= 15 is 0 Å². The SMILES string of the molecule is CC12CC3CC(C1)C(C(=O)NCCN1CCN(c4ncccn4)CC1)(C3)C2. The van der Waals surface area contributed by atoms with Crippen molar-refractivity contribution in [2.24, 2.45) is 22.7 Å². The molecule has 5 fully saturated rings. The molecular weight excluding hydrogens is 338 g/mol. The summed E-state index contributed by atoms with van der Waals surface area (Å²) >= 11 is 0. The lowest BCUT2D eigenvalue weighted by atomic mass is 9.68. The third-order valence-corrected chi connectivity index (χ3v) is 7.69. The largest absolute Gasteiger partial charge is 0.354 e. The smallest absolute Gasteiger partial charge is 0.226 e. The fourth-order valence-electron chi connectivity index (χ4n) is 6.81. The highest BCUT2D eigenvalue weighted by atomic mass is 16.2. The second kappa shape index (κ2) is 6.43. The van der Waals surface area contributed by atoms with Crippen molar-refractivity contribution in [2.75, 3.05) is 44.2 Å². The summed E-state index contributed by atoms with van der Waals surface area (Å²) < 4.78 is 0. The zero-order valence-electron chi connectivity index (χ0n) is 16.4. The number of rotatable bonds is 5. The fourth-order valence-corrected chi connectivity index (χ4v) is 6.81. The lowest BCUT2D eigenvalue weighted by Crippen LogP contribution is -2.50. The Morgan fingerprint density at radius 1 is 1.19 bits per heavy atom. The van der Waals surface area contributed by atoms with Crippen molar-refractivity contribution in [3.63, 3.8) is 0 Å². The number of nitrogens with one attached hydrogen (secondary N) is 1. The third-order valence-electron chi connectivity index (χ3n) is 7.69. The number of carbonyl (C=O) groups excluding carboxylic acids is 1. The molecule has 1 saturated heterocycles. The van der Waals surface area contributed by atoms with Crippen LogP contribution in [0.5, 0.6) is 0 Å². The predicted octanol–water partition coefficient (Wildman–Crippen LogP) is 1.93. The molecule has 2 heterocycles. The third kappa shape index (κ3) is 3.02. The van der Waals surface area contributed by atoms with Crippen molar-refractivity contribution >= 4 is 11.9 Å². The molecule has 5 aliphatic rings. The lowest BCUT2D eigenvalue weighted by molar-refractivity contribution is -0.133. The average molecular weight is 370 g/mol. The van der Waals surface area contributed by atoms with Crippen molar-refractivity contribution in [3.05, 3.63) is 18.5 Å². The maximum absolute atomic E-state index is 13.1. The molecule has 0 aromatic carbocycles. The van der Waals surface area contributed by atoms with Gasteiger partial charge in [-0.2, -0.15) is 0 Å². The number of carbonyl (C=O) groups is 1. The summed E-state index contributed by atoms with van der Waals surface area (Å²) in [6.07, 6.45) is 9.80. The quantitative estimate of drug-likeness (QED) is 0.859. The van der Waals surface area contributed by atoms with Crippen LogP contribution in [0.15, 0.2) is 18.5 Å². The summed E-state index contributed by atoms with van der Waals surface area (Å²) in [7, 11) is 0. The first-order valence-corrected chi connectivity index (χ1v) is 10.6. The van der Waals surface area contributed by atoms with E-state index in [2.05, 4.69) is 32.0 Å². The van der Waals surface area contributed by atoms with Gasteiger partial charge in [0.05, 0.1) is 5.41 Å². The molecule has 1 aromatic heterocycles. The molecule has 1 aliphatic heterocycles. The monoisotopic (exact) mass is 369 g/mol. The first-order chi connectivity index (χ1) is 13.1. The molecule has 4 bridgehead atoms. The molecule has 1 aromatic rings. The van der Waals surface area contributed by atoms with E-state index in [1.165, 1.54) is 19.3 Å². The molecular formula is C21H31N5O. The van der Waals surface area contributed by atoms with Crippen LogP contribution in [0.1, 0.15) is 39.0 Å². The summed E-state index contributed by atoms with van der Waals surface area (Å²) in [6.45, 7) is 8.03. The Hall–Kier alpha value is -1.69. The summed E-state index contributed by atoms with van der Waals surface area (Å²) in [5, 5.41) is 3.32. The molecule has 4 aliphatic carbocycles. The average Bonchev–Trinajstić information content (AvgIpc) is 3.05. The van der Waals surface area contributed by atoms with Crippen LogP contribution in [0.4, 0.5) is 5.95 Å². The van der Waals surface area contributed by atoms with Gasteiger partial charge in [-0.3, -0.25) is 9.69 Å². The van der Waals surface area contributed by atoms with Crippen LogP contribution < -0.4 is 10.2 Å². The van der Waals surface area contributed by atoms with Crippen LogP contribution in [0.25, 0.3) is 0 Å². The van der Waals surface area contributed by atoms with Crippen molar-refractivity contribution in [3.8, 4) is 0 Å². The van der Waals surface area contributed by atoms with E-state index < -0.39 is 0 Å². The first-order valence-electron chi connectivity index (χ1n) is 10.6. The number of aromatic nitrogens is 2. The van der Waals surface area contributed by atoms with E-state index in [4.69, 9.17) is 0 Å². The molecule has 4 unspecified atom stereocenters. The molecule has 4 saturated carbocycles. The van der Waals surface area contributed by atoms with Gasteiger partial charge in [0.2, 0.25) is 11.9 Å². The predicted molar refractivity (Wildman–Crippen MR) is 104 cm³/mol. The zero-order valence-corrected chi connectivity index (χ0v) is 16.4. The number of hydrogen-bond donors (Lipinski definition) is 1. The van der Waals surface area contributed by atoms with Gasteiger partial charge in [-0.05, 0) is 55.4 Å². The Balaban J connectivity index is 1.10. The molecule has 1 N–H and O–H groups in total. The van der Waals surface area contributed by atoms with Crippen molar-refractivity contribution in [1.29, 1.82) is 0 Å². The van der Waals surface area contributed by atoms with Crippen molar-refractivity contribution in [1.82, 2.24) is 20.2 Å². The molecule has 27 heavy (non-hydrogen) atoms. The highest BCUT2D eigenvalue weighted by Crippen LogP contribution is 2.70. The number of nitrogens with zero attached hydrogens (tertiary/aromatic N) is 4. The van der Waals surface area contributed by atoms with Crippen molar-refractivity contribution < 1.29 is 4.79 Å². The van der Waals surface area contributed by atoms with Crippen LogP contribution >= 0.6 is 0 Å². The Bertz CT molecular complexity index is 704. The molecule has 0 radical (unpaired) electrons. The van der Waals surface area contributed by atoms with E-state index in [-0.39, 0.29) is 5.41 Å². The van der Waals surface area contributed by atoms with Crippen LogP contribution in [0.2, 0.25) is 0 Å². The molecule has 6 rings (SSSR count). The fraction of sp³-hybridized carbons (Fsp3) is 0.762. The minimum atomic E-state index is -0.0268.